The molecule has 0 aliphatic heterocycles. The summed E-state index contributed by atoms with van der Waals surface area (Å²) in [5.74, 6) is 0.746. The molecular formula is C11H24ClNO. The molecule has 3 heteroatoms. The second-order valence-corrected chi connectivity index (χ2v) is 4.00. The Hall–Kier alpha value is 0.210. The van der Waals surface area contributed by atoms with Crippen LogP contribution < -0.4 is 0 Å². The van der Waals surface area contributed by atoms with E-state index in [4.69, 9.17) is 16.7 Å². The fourth-order valence-corrected chi connectivity index (χ4v) is 2.01. The predicted molar refractivity (Wildman–Crippen MR) is 63.0 cm³/mol. The summed E-state index contributed by atoms with van der Waals surface area (Å²) in [5.41, 5.74) is 0. The van der Waals surface area contributed by atoms with Gasteiger partial charge in [0.1, 0.15) is 0 Å². The van der Waals surface area contributed by atoms with Crippen molar-refractivity contribution in [3.63, 3.8) is 0 Å². The Bertz CT molecular complexity index is 118. The largest absolute Gasteiger partial charge is 0.395 e. The van der Waals surface area contributed by atoms with E-state index in [1.54, 1.807) is 0 Å². The third-order valence-corrected chi connectivity index (χ3v) is 2.94. The quantitative estimate of drug-likeness (QED) is 0.478. The van der Waals surface area contributed by atoms with E-state index < -0.39 is 0 Å². The molecule has 0 atom stereocenters. The first-order valence-corrected chi connectivity index (χ1v) is 6.24. The molecule has 0 aromatic rings. The van der Waals surface area contributed by atoms with E-state index in [0.29, 0.717) is 6.04 Å². The van der Waals surface area contributed by atoms with Gasteiger partial charge in [0.05, 0.1) is 6.61 Å². The van der Waals surface area contributed by atoms with E-state index in [2.05, 4.69) is 18.7 Å². The van der Waals surface area contributed by atoms with Gasteiger partial charge < -0.3 is 5.11 Å². The van der Waals surface area contributed by atoms with Crippen molar-refractivity contribution < 1.29 is 5.11 Å². The molecular weight excluding hydrogens is 198 g/mol. The fraction of sp³-hybridized carbons (Fsp3) is 1.00. The highest BCUT2D eigenvalue weighted by Gasteiger charge is 2.13. The molecule has 0 bridgehead atoms. The van der Waals surface area contributed by atoms with Crippen molar-refractivity contribution in [3.8, 4) is 0 Å². The van der Waals surface area contributed by atoms with Gasteiger partial charge in [0.2, 0.25) is 0 Å². The Kier molecular flexibility index (Phi) is 9.90. The molecule has 0 aromatic carbocycles. The number of unbranched alkanes of at least 4 members (excludes halogenated alkanes) is 1. The highest BCUT2D eigenvalue weighted by Crippen LogP contribution is 2.09. The number of hydrogen-bond donors (Lipinski definition) is 1. The maximum absolute atomic E-state index is 8.97. The first kappa shape index (κ1) is 14.2. The zero-order chi connectivity index (χ0) is 10.8. The van der Waals surface area contributed by atoms with Crippen LogP contribution in [-0.2, 0) is 0 Å². The molecule has 0 fully saturated rings. The summed E-state index contributed by atoms with van der Waals surface area (Å²) in [7, 11) is 0. The van der Waals surface area contributed by atoms with Gasteiger partial charge in [-0.15, -0.1) is 11.6 Å². The molecule has 86 valence electrons. The summed E-state index contributed by atoms with van der Waals surface area (Å²) >= 11 is 5.64. The van der Waals surface area contributed by atoms with Crippen molar-refractivity contribution in [1.82, 2.24) is 4.90 Å². The molecule has 0 amide bonds. The molecule has 1 N–H and O–H groups in total. The van der Waals surface area contributed by atoms with Gasteiger partial charge in [-0.2, -0.15) is 0 Å². The second-order valence-electron chi connectivity index (χ2n) is 3.63. The van der Waals surface area contributed by atoms with Crippen LogP contribution in [0.25, 0.3) is 0 Å². The number of rotatable bonds is 9. The third kappa shape index (κ3) is 5.84. The monoisotopic (exact) mass is 221 g/mol. The Balaban J connectivity index is 3.85. The van der Waals surface area contributed by atoms with E-state index in [1.165, 1.54) is 0 Å². The number of halogens is 1. The van der Waals surface area contributed by atoms with Gasteiger partial charge >= 0.3 is 0 Å². The number of hydrogen-bond acceptors (Lipinski definition) is 2. The van der Waals surface area contributed by atoms with Gasteiger partial charge in [0.25, 0.3) is 0 Å². The normalized spacial score (nSPS) is 11.6. The molecule has 0 saturated carbocycles. The van der Waals surface area contributed by atoms with Crippen LogP contribution in [0.3, 0.4) is 0 Å². The van der Waals surface area contributed by atoms with E-state index in [9.17, 15) is 0 Å². The Labute approximate surface area is 93.2 Å². The summed E-state index contributed by atoms with van der Waals surface area (Å²) in [6, 6.07) is 0.623. The molecule has 0 radical (unpaired) electrons. The lowest BCUT2D eigenvalue weighted by Crippen LogP contribution is -2.37. The van der Waals surface area contributed by atoms with E-state index in [1.807, 2.05) is 0 Å². The Morgan fingerprint density at radius 3 is 2.21 bits per heavy atom. The first-order chi connectivity index (χ1) is 6.79. The molecule has 0 unspecified atom stereocenters. The van der Waals surface area contributed by atoms with Crippen LogP contribution in [0.15, 0.2) is 0 Å². The molecule has 0 saturated heterocycles. The predicted octanol–water partition coefficient (Wildman–Crippen LogP) is 2.49. The smallest absolute Gasteiger partial charge is 0.0558 e. The highest BCUT2D eigenvalue weighted by atomic mass is 35.5. The minimum Gasteiger partial charge on any atom is -0.395 e. The average molecular weight is 222 g/mol. The maximum atomic E-state index is 8.97. The molecule has 0 aliphatic carbocycles. The summed E-state index contributed by atoms with van der Waals surface area (Å²) in [5, 5.41) is 8.97. The Morgan fingerprint density at radius 2 is 1.79 bits per heavy atom. The lowest BCUT2D eigenvalue weighted by Gasteiger charge is -2.29. The molecule has 0 aromatic heterocycles. The summed E-state index contributed by atoms with van der Waals surface area (Å²) in [6.07, 6.45) is 4.54. The summed E-state index contributed by atoms with van der Waals surface area (Å²) < 4.78 is 0. The van der Waals surface area contributed by atoms with Crippen molar-refractivity contribution in [2.24, 2.45) is 0 Å². The minimum atomic E-state index is 0.261. The molecule has 0 heterocycles. The van der Waals surface area contributed by atoms with Crippen LogP contribution >= 0.6 is 11.6 Å². The number of nitrogens with zero attached hydrogens (tertiary/aromatic N) is 1. The molecule has 0 spiro atoms. The maximum Gasteiger partial charge on any atom is 0.0558 e. The molecule has 0 rings (SSSR count). The standard InChI is InChI=1S/C11H24ClNO/c1-3-11(4-2)13(9-10-14)8-6-5-7-12/h11,14H,3-10H2,1-2H3. The molecule has 2 nitrogen and oxygen atoms in total. The van der Waals surface area contributed by atoms with Gasteiger partial charge in [-0.05, 0) is 32.2 Å². The van der Waals surface area contributed by atoms with Crippen molar-refractivity contribution in [3.05, 3.63) is 0 Å². The summed E-state index contributed by atoms with van der Waals surface area (Å²) in [6.45, 7) is 6.55. The van der Waals surface area contributed by atoms with Crippen molar-refractivity contribution >= 4 is 11.6 Å². The first-order valence-electron chi connectivity index (χ1n) is 5.70. The van der Waals surface area contributed by atoms with Gasteiger partial charge in [0, 0.05) is 18.5 Å². The van der Waals surface area contributed by atoms with Crippen LogP contribution in [0.4, 0.5) is 0 Å². The third-order valence-electron chi connectivity index (χ3n) is 2.68. The lowest BCUT2D eigenvalue weighted by molar-refractivity contribution is 0.142. The minimum absolute atomic E-state index is 0.261. The second kappa shape index (κ2) is 9.75. The van der Waals surface area contributed by atoms with E-state index in [0.717, 1.165) is 44.7 Å². The van der Waals surface area contributed by atoms with Crippen LogP contribution in [0.2, 0.25) is 0 Å². The number of aliphatic hydroxyl groups excluding tert-OH is 1. The Morgan fingerprint density at radius 1 is 1.14 bits per heavy atom. The van der Waals surface area contributed by atoms with Gasteiger partial charge in [-0.1, -0.05) is 13.8 Å². The van der Waals surface area contributed by atoms with Crippen LogP contribution in [0.1, 0.15) is 39.5 Å². The fourth-order valence-electron chi connectivity index (χ4n) is 1.82. The van der Waals surface area contributed by atoms with Crippen LogP contribution in [0.5, 0.6) is 0 Å². The van der Waals surface area contributed by atoms with Gasteiger partial charge in [-0.25, -0.2) is 0 Å². The zero-order valence-electron chi connectivity index (χ0n) is 9.51. The van der Waals surface area contributed by atoms with Crippen molar-refractivity contribution in [1.29, 1.82) is 0 Å². The van der Waals surface area contributed by atoms with E-state index >= 15 is 0 Å². The SMILES string of the molecule is CCC(CC)N(CCO)CCCCCl. The van der Waals surface area contributed by atoms with Gasteiger partial charge in [-0.3, -0.25) is 4.90 Å². The van der Waals surface area contributed by atoms with Crippen LogP contribution in [-0.4, -0.2) is 41.6 Å². The van der Waals surface area contributed by atoms with E-state index in [-0.39, 0.29) is 6.61 Å². The average Bonchev–Trinajstić information content (AvgIpc) is 2.20. The molecule has 14 heavy (non-hydrogen) atoms. The number of alkyl halides is 1. The van der Waals surface area contributed by atoms with Crippen LogP contribution in [0, 0.1) is 0 Å². The molecule has 0 aliphatic rings. The van der Waals surface area contributed by atoms with Crippen molar-refractivity contribution in [2.75, 3.05) is 25.6 Å². The highest BCUT2D eigenvalue weighted by molar-refractivity contribution is 6.17. The lowest BCUT2D eigenvalue weighted by atomic mass is 10.1. The summed E-state index contributed by atoms with van der Waals surface area (Å²) in [4.78, 5) is 2.38. The van der Waals surface area contributed by atoms with Gasteiger partial charge in [0.15, 0.2) is 0 Å². The topological polar surface area (TPSA) is 23.5 Å². The zero-order valence-corrected chi connectivity index (χ0v) is 10.3. The van der Waals surface area contributed by atoms with Crippen molar-refractivity contribution in [2.45, 2.75) is 45.6 Å². The number of aliphatic hydroxyl groups is 1.